The third-order valence-corrected chi connectivity index (χ3v) is 1.41. The van der Waals surface area contributed by atoms with E-state index in [9.17, 15) is 0 Å². The van der Waals surface area contributed by atoms with Crippen molar-refractivity contribution in [2.75, 3.05) is 0 Å². The molecule has 1 aliphatic carbocycles. The van der Waals surface area contributed by atoms with E-state index < -0.39 is 0 Å². The molecule has 9 heavy (non-hydrogen) atoms. The summed E-state index contributed by atoms with van der Waals surface area (Å²) in [5.41, 5.74) is 1.05. The van der Waals surface area contributed by atoms with Crippen LogP contribution in [0.3, 0.4) is 0 Å². The first kappa shape index (κ1) is 4.68. The number of fused-ring (bicyclic) bond motifs is 1. The summed E-state index contributed by atoms with van der Waals surface area (Å²) in [4.78, 5) is 8.14. The molecule has 2 aliphatic rings. The van der Waals surface area contributed by atoms with Crippen LogP contribution in [0.1, 0.15) is 0 Å². The van der Waals surface area contributed by atoms with Gasteiger partial charge >= 0.3 is 0 Å². The maximum Gasteiger partial charge on any atom is 0.112 e. The molecule has 1 unspecified atom stereocenters. The number of rotatable bonds is 0. The molecule has 2 rings (SSSR count). The van der Waals surface area contributed by atoms with Gasteiger partial charge in [-0.15, -0.1) is 0 Å². The summed E-state index contributed by atoms with van der Waals surface area (Å²) < 4.78 is 0. The van der Waals surface area contributed by atoms with E-state index in [1.54, 1.807) is 6.34 Å². The molecule has 1 heterocycles. The Morgan fingerprint density at radius 1 is 1.33 bits per heavy atom. The third-order valence-electron chi connectivity index (χ3n) is 1.41. The van der Waals surface area contributed by atoms with Gasteiger partial charge in [0.1, 0.15) is 12.4 Å². The molecule has 0 radical (unpaired) electrons. The molecule has 0 aromatic rings. The van der Waals surface area contributed by atoms with E-state index in [2.05, 4.69) is 9.98 Å². The van der Waals surface area contributed by atoms with Crippen molar-refractivity contribution < 1.29 is 0 Å². The molecule has 0 aromatic carbocycles. The second-order valence-electron chi connectivity index (χ2n) is 2.01. The normalized spacial score (nSPS) is 28.4. The summed E-state index contributed by atoms with van der Waals surface area (Å²) in [6.45, 7) is 0. The minimum Gasteiger partial charge on any atom is -0.260 e. The predicted octanol–water partition coefficient (Wildman–Crippen LogP) is 0.964. The van der Waals surface area contributed by atoms with Crippen LogP contribution in [0, 0.1) is 0 Å². The zero-order chi connectivity index (χ0) is 6.10. The Bertz CT molecular complexity index is 233. The predicted molar refractivity (Wildman–Crippen MR) is 38.0 cm³/mol. The van der Waals surface area contributed by atoms with Gasteiger partial charge in [-0.25, -0.2) is 4.99 Å². The van der Waals surface area contributed by atoms with Gasteiger partial charge in [0.2, 0.25) is 0 Å². The van der Waals surface area contributed by atoms with Crippen molar-refractivity contribution in [2.24, 2.45) is 9.98 Å². The van der Waals surface area contributed by atoms with Gasteiger partial charge in [-0.3, -0.25) is 4.99 Å². The fourth-order valence-electron chi connectivity index (χ4n) is 0.938. The third kappa shape index (κ3) is 0.633. The molecule has 0 bridgehead atoms. The van der Waals surface area contributed by atoms with Crippen molar-refractivity contribution in [1.29, 1.82) is 0 Å². The Kier molecular flexibility index (Phi) is 0.859. The van der Waals surface area contributed by atoms with E-state index in [0.29, 0.717) is 0 Å². The molecular weight excluding hydrogens is 112 g/mol. The van der Waals surface area contributed by atoms with Gasteiger partial charge in [0.15, 0.2) is 0 Å². The first-order valence-corrected chi connectivity index (χ1v) is 2.91. The average molecular weight is 118 g/mol. The Hall–Kier alpha value is -1.18. The van der Waals surface area contributed by atoms with E-state index >= 15 is 0 Å². The largest absolute Gasteiger partial charge is 0.260 e. The molecule has 0 saturated heterocycles. The maximum absolute atomic E-state index is 4.09. The van der Waals surface area contributed by atoms with E-state index in [0.717, 1.165) is 5.71 Å². The highest BCUT2D eigenvalue weighted by Crippen LogP contribution is 2.08. The highest BCUT2D eigenvalue weighted by Gasteiger charge is 2.12. The van der Waals surface area contributed by atoms with Gasteiger partial charge in [0.05, 0.1) is 5.71 Å². The standard InChI is InChI=1S/C7H6N2/c1-2-4-7-6(3-1)8-5-9-7/h1-6H. The Morgan fingerprint density at radius 3 is 3.22 bits per heavy atom. The van der Waals surface area contributed by atoms with Crippen molar-refractivity contribution in [3.8, 4) is 0 Å². The first-order valence-electron chi connectivity index (χ1n) is 2.91. The van der Waals surface area contributed by atoms with Crippen LogP contribution < -0.4 is 0 Å². The maximum atomic E-state index is 4.09. The fraction of sp³-hybridized carbons (Fsp3) is 0.143. The van der Waals surface area contributed by atoms with Crippen LogP contribution in [0.2, 0.25) is 0 Å². The molecule has 0 spiro atoms. The van der Waals surface area contributed by atoms with Crippen molar-refractivity contribution in [1.82, 2.24) is 0 Å². The molecule has 1 aliphatic heterocycles. The minimum absolute atomic E-state index is 0.218. The monoisotopic (exact) mass is 118 g/mol. The lowest BCUT2D eigenvalue weighted by Gasteiger charge is -2.02. The van der Waals surface area contributed by atoms with Crippen LogP contribution in [0.25, 0.3) is 0 Å². The van der Waals surface area contributed by atoms with Crippen LogP contribution in [0.5, 0.6) is 0 Å². The second kappa shape index (κ2) is 1.65. The van der Waals surface area contributed by atoms with Crippen molar-refractivity contribution in [2.45, 2.75) is 6.04 Å². The van der Waals surface area contributed by atoms with Gasteiger partial charge < -0.3 is 0 Å². The number of allylic oxidation sites excluding steroid dienone is 2. The topological polar surface area (TPSA) is 24.7 Å². The SMILES string of the molecule is C1=CC2=NC=NC2C=C1. The van der Waals surface area contributed by atoms with Crippen molar-refractivity contribution in [3.63, 3.8) is 0 Å². The average Bonchev–Trinajstić information content (AvgIpc) is 2.33. The molecule has 0 N–H and O–H groups in total. The van der Waals surface area contributed by atoms with Crippen LogP contribution >= 0.6 is 0 Å². The summed E-state index contributed by atoms with van der Waals surface area (Å²) >= 11 is 0. The van der Waals surface area contributed by atoms with E-state index in [4.69, 9.17) is 0 Å². The van der Waals surface area contributed by atoms with Crippen LogP contribution in [0.15, 0.2) is 34.3 Å². The summed E-state index contributed by atoms with van der Waals surface area (Å²) in [5, 5.41) is 0. The Balaban J connectivity index is 2.40. The van der Waals surface area contributed by atoms with E-state index in [1.165, 1.54) is 0 Å². The van der Waals surface area contributed by atoms with Gasteiger partial charge in [0.25, 0.3) is 0 Å². The second-order valence-corrected chi connectivity index (χ2v) is 2.01. The highest BCUT2D eigenvalue weighted by atomic mass is 15.0. The lowest BCUT2D eigenvalue weighted by Crippen LogP contribution is -2.11. The molecule has 2 nitrogen and oxygen atoms in total. The van der Waals surface area contributed by atoms with Gasteiger partial charge in [-0.1, -0.05) is 18.2 Å². The van der Waals surface area contributed by atoms with Crippen molar-refractivity contribution >= 4 is 12.1 Å². The zero-order valence-electron chi connectivity index (χ0n) is 4.86. The molecule has 0 aromatic heterocycles. The Labute approximate surface area is 53.3 Å². The lowest BCUT2D eigenvalue weighted by molar-refractivity contribution is 1.11. The van der Waals surface area contributed by atoms with Crippen molar-refractivity contribution in [3.05, 3.63) is 24.3 Å². The minimum atomic E-state index is 0.218. The van der Waals surface area contributed by atoms with Crippen LogP contribution in [0.4, 0.5) is 0 Å². The summed E-state index contributed by atoms with van der Waals surface area (Å²) in [7, 11) is 0. The molecule has 0 amide bonds. The first-order chi connectivity index (χ1) is 4.47. The number of nitrogens with zero attached hydrogens (tertiary/aromatic N) is 2. The zero-order valence-corrected chi connectivity index (χ0v) is 4.86. The quantitative estimate of drug-likeness (QED) is 0.452. The van der Waals surface area contributed by atoms with Gasteiger partial charge in [-0.05, 0) is 6.08 Å². The van der Waals surface area contributed by atoms with Gasteiger partial charge in [-0.2, -0.15) is 0 Å². The molecular formula is C7H6N2. The number of hydrogen-bond acceptors (Lipinski definition) is 2. The van der Waals surface area contributed by atoms with E-state index in [1.807, 2.05) is 24.3 Å². The van der Waals surface area contributed by atoms with Crippen LogP contribution in [-0.2, 0) is 0 Å². The molecule has 44 valence electrons. The van der Waals surface area contributed by atoms with Crippen LogP contribution in [-0.4, -0.2) is 18.1 Å². The molecule has 0 saturated carbocycles. The molecule has 2 heteroatoms. The number of aliphatic imine (C=N–C) groups is 2. The molecule has 1 atom stereocenters. The van der Waals surface area contributed by atoms with E-state index in [-0.39, 0.29) is 6.04 Å². The summed E-state index contributed by atoms with van der Waals surface area (Å²) in [6.07, 6.45) is 9.59. The fourth-order valence-corrected chi connectivity index (χ4v) is 0.938. The summed E-state index contributed by atoms with van der Waals surface area (Å²) in [5.74, 6) is 0. The molecule has 0 fully saturated rings. The Morgan fingerprint density at radius 2 is 2.33 bits per heavy atom. The smallest absolute Gasteiger partial charge is 0.112 e. The summed E-state index contributed by atoms with van der Waals surface area (Å²) in [6, 6.07) is 0.218. The highest BCUT2D eigenvalue weighted by molar-refractivity contribution is 6.08. The number of hydrogen-bond donors (Lipinski definition) is 0. The van der Waals surface area contributed by atoms with Gasteiger partial charge in [0, 0.05) is 0 Å². The lowest BCUT2D eigenvalue weighted by atomic mass is 10.1.